The lowest BCUT2D eigenvalue weighted by Crippen LogP contribution is -2.35. The monoisotopic (exact) mass is 274 g/mol. The molecule has 2 N–H and O–H groups in total. The Bertz CT molecular complexity index is 423. The number of hydrogen-bond acceptors (Lipinski definition) is 3. The number of carbonyl (C=O) groups is 1. The summed E-state index contributed by atoms with van der Waals surface area (Å²) in [6, 6.07) is 4.20. The molecule has 0 aliphatic carbocycles. The predicted molar refractivity (Wildman–Crippen MR) is 69.9 cm³/mol. The molecule has 0 spiro atoms. The minimum Gasteiger partial charge on any atom is -0.494 e. The van der Waals surface area contributed by atoms with Gasteiger partial charge in [-0.3, -0.25) is 4.79 Å². The molecule has 1 aliphatic rings. The lowest BCUT2D eigenvalue weighted by molar-refractivity contribution is -0.117. The minimum atomic E-state index is -0.482. The largest absolute Gasteiger partial charge is 0.494 e. The van der Waals surface area contributed by atoms with E-state index in [1.807, 2.05) is 0 Å². The normalized spacial score (nSPS) is 18.0. The average Bonchev–Trinajstić information content (AvgIpc) is 2.82. The van der Waals surface area contributed by atoms with Gasteiger partial charge in [-0.2, -0.15) is 0 Å². The molecule has 2 rings (SSSR count). The highest BCUT2D eigenvalue weighted by Crippen LogP contribution is 2.21. The summed E-state index contributed by atoms with van der Waals surface area (Å²) in [5.41, 5.74) is 0.446. The summed E-state index contributed by atoms with van der Waals surface area (Å²) in [6.07, 6.45) is 1.82. The Balaban J connectivity index is 0.00000162. The van der Waals surface area contributed by atoms with E-state index in [2.05, 4.69) is 10.6 Å². The topological polar surface area (TPSA) is 50.4 Å². The van der Waals surface area contributed by atoms with E-state index in [0.29, 0.717) is 5.69 Å². The zero-order chi connectivity index (χ0) is 12.3. The molecular weight excluding hydrogens is 259 g/mol. The van der Waals surface area contributed by atoms with Crippen LogP contribution >= 0.6 is 12.4 Å². The lowest BCUT2D eigenvalue weighted by atomic mass is 10.2. The molecule has 1 aromatic carbocycles. The average molecular weight is 275 g/mol. The summed E-state index contributed by atoms with van der Waals surface area (Å²) in [7, 11) is 1.40. The van der Waals surface area contributed by atoms with Crippen molar-refractivity contribution in [3.63, 3.8) is 0 Å². The summed E-state index contributed by atoms with van der Waals surface area (Å²) in [4.78, 5) is 11.8. The molecule has 0 aromatic heterocycles. The number of amides is 1. The third-order valence-corrected chi connectivity index (χ3v) is 2.80. The van der Waals surface area contributed by atoms with E-state index in [9.17, 15) is 9.18 Å². The third kappa shape index (κ3) is 3.34. The Kier molecular flexibility index (Phi) is 5.37. The fourth-order valence-corrected chi connectivity index (χ4v) is 1.88. The Morgan fingerprint density at radius 1 is 1.56 bits per heavy atom. The highest BCUT2D eigenvalue weighted by molar-refractivity contribution is 5.95. The SMILES string of the molecule is COc1ccc(NC(=O)C2CCCN2)cc1F.Cl. The van der Waals surface area contributed by atoms with Gasteiger partial charge < -0.3 is 15.4 Å². The maximum absolute atomic E-state index is 13.4. The van der Waals surface area contributed by atoms with Crippen LogP contribution in [0.1, 0.15) is 12.8 Å². The number of carbonyl (C=O) groups excluding carboxylic acids is 1. The van der Waals surface area contributed by atoms with Gasteiger partial charge in [0.15, 0.2) is 11.6 Å². The summed E-state index contributed by atoms with van der Waals surface area (Å²) < 4.78 is 18.2. The van der Waals surface area contributed by atoms with Crippen molar-refractivity contribution in [1.29, 1.82) is 0 Å². The van der Waals surface area contributed by atoms with E-state index < -0.39 is 5.82 Å². The number of rotatable bonds is 3. The number of hydrogen-bond donors (Lipinski definition) is 2. The van der Waals surface area contributed by atoms with Crippen LogP contribution in [0.15, 0.2) is 18.2 Å². The summed E-state index contributed by atoms with van der Waals surface area (Å²) in [5.74, 6) is -0.432. The minimum absolute atomic E-state index is 0. The van der Waals surface area contributed by atoms with Crippen LogP contribution in [0.5, 0.6) is 5.75 Å². The standard InChI is InChI=1S/C12H15FN2O2.ClH/c1-17-11-5-4-8(7-9(11)13)15-12(16)10-3-2-6-14-10;/h4-5,7,10,14H,2-3,6H2,1H3,(H,15,16);1H. The van der Waals surface area contributed by atoms with Gasteiger partial charge in [0.1, 0.15) is 0 Å². The summed E-state index contributed by atoms with van der Waals surface area (Å²) >= 11 is 0. The molecule has 1 fully saturated rings. The van der Waals surface area contributed by atoms with Gasteiger partial charge in [0.05, 0.1) is 13.2 Å². The zero-order valence-corrected chi connectivity index (χ0v) is 10.8. The van der Waals surface area contributed by atoms with Crippen LogP contribution < -0.4 is 15.4 Å². The lowest BCUT2D eigenvalue weighted by Gasteiger charge is -2.11. The van der Waals surface area contributed by atoms with Crippen LogP contribution in [-0.2, 0) is 4.79 Å². The number of methoxy groups -OCH3 is 1. The molecule has 100 valence electrons. The first-order valence-corrected chi connectivity index (χ1v) is 5.58. The fourth-order valence-electron chi connectivity index (χ4n) is 1.88. The van der Waals surface area contributed by atoms with Crippen molar-refractivity contribution < 1.29 is 13.9 Å². The molecule has 1 amide bonds. The first-order valence-electron chi connectivity index (χ1n) is 5.58. The van der Waals surface area contributed by atoms with Gasteiger partial charge >= 0.3 is 0 Å². The Labute approximate surface area is 111 Å². The molecule has 1 unspecified atom stereocenters. The zero-order valence-electron chi connectivity index (χ0n) is 10.0. The van der Waals surface area contributed by atoms with Crippen molar-refractivity contribution in [2.24, 2.45) is 0 Å². The highest BCUT2D eigenvalue weighted by atomic mass is 35.5. The molecule has 0 saturated carbocycles. The smallest absolute Gasteiger partial charge is 0.241 e. The Hall–Kier alpha value is -1.33. The second kappa shape index (κ2) is 6.56. The van der Waals surface area contributed by atoms with Crippen LogP contribution in [0.3, 0.4) is 0 Å². The van der Waals surface area contributed by atoms with E-state index >= 15 is 0 Å². The van der Waals surface area contributed by atoms with Gasteiger partial charge in [-0.1, -0.05) is 0 Å². The molecule has 4 nitrogen and oxygen atoms in total. The maximum atomic E-state index is 13.4. The fraction of sp³-hybridized carbons (Fsp3) is 0.417. The van der Waals surface area contributed by atoms with E-state index in [4.69, 9.17) is 4.74 Å². The number of anilines is 1. The van der Waals surface area contributed by atoms with Crippen molar-refractivity contribution in [3.05, 3.63) is 24.0 Å². The van der Waals surface area contributed by atoms with Crippen LogP contribution in [0.25, 0.3) is 0 Å². The van der Waals surface area contributed by atoms with Crippen molar-refractivity contribution in [3.8, 4) is 5.75 Å². The van der Waals surface area contributed by atoms with Crippen LogP contribution in [0, 0.1) is 5.82 Å². The molecule has 0 bridgehead atoms. The number of halogens is 2. The molecular formula is C12H16ClFN2O2. The third-order valence-electron chi connectivity index (χ3n) is 2.80. The maximum Gasteiger partial charge on any atom is 0.241 e. The second-order valence-corrected chi connectivity index (χ2v) is 3.99. The molecule has 1 aliphatic heterocycles. The molecule has 1 aromatic rings. The molecule has 6 heteroatoms. The van der Waals surface area contributed by atoms with Gasteiger partial charge in [-0.05, 0) is 31.5 Å². The molecule has 1 saturated heterocycles. The Morgan fingerprint density at radius 2 is 2.33 bits per heavy atom. The van der Waals surface area contributed by atoms with Gasteiger partial charge in [-0.15, -0.1) is 12.4 Å². The van der Waals surface area contributed by atoms with E-state index in [-0.39, 0.29) is 30.1 Å². The van der Waals surface area contributed by atoms with Crippen molar-refractivity contribution in [2.45, 2.75) is 18.9 Å². The Morgan fingerprint density at radius 3 is 2.89 bits per heavy atom. The first kappa shape index (κ1) is 14.7. The van der Waals surface area contributed by atoms with Crippen LogP contribution in [-0.4, -0.2) is 25.6 Å². The first-order chi connectivity index (χ1) is 8.20. The van der Waals surface area contributed by atoms with Crippen molar-refractivity contribution in [2.75, 3.05) is 19.0 Å². The summed E-state index contributed by atoms with van der Waals surface area (Å²) in [5, 5.41) is 5.76. The van der Waals surface area contributed by atoms with E-state index in [1.165, 1.54) is 19.2 Å². The number of nitrogens with one attached hydrogen (secondary N) is 2. The predicted octanol–water partition coefficient (Wildman–Crippen LogP) is 1.95. The van der Waals surface area contributed by atoms with Gasteiger partial charge in [-0.25, -0.2) is 4.39 Å². The van der Waals surface area contributed by atoms with Crippen molar-refractivity contribution in [1.82, 2.24) is 5.32 Å². The van der Waals surface area contributed by atoms with Crippen molar-refractivity contribution >= 4 is 24.0 Å². The summed E-state index contributed by atoms with van der Waals surface area (Å²) in [6.45, 7) is 0.856. The second-order valence-electron chi connectivity index (χ2n) is 3.99. The molecule has 18 heavy (non-hydrogen) atoms. The molecule has 0 radical (unpaired) electrons. The quantitative estimate of drug-likeness (QED) is 0.886. The number of ether oxygens (including phenoxy) is 1. The molecule has 1 atom stereocenters. The van der Waals surface area contributed by atoms with Gasteiger partial charge in [0, 0.05) is 11.8 Å². The van der Waals surface area contributed by atoms with Crippen LogP contribution in [0.2, 0.25) is 0 Å². The van der Waals surface area contributed by atoms with Gasteiger partial charge in [0.25, 0.3) is 0 Å². The highest BCUT2D eigenvalue weighted by Gasteiger charge is 2.22. The van der Waals surface area contributed by atoms with E-state index in [1.54, 1.807) is 6.07 Å². The van der Waals surface area contributed by atoms with E-state index in [0.717, 1.165) is 19.4 Å². The number of benzene rings is 1. The van der Waals surface area contributed by atoms with Gasteiger partial charge in [0.2, 0.25) is 5.91 Å². The molecule has 1 heterocycles. The van der Waals surface area contributed by atoms with Crippen LogP contribution in [0.4, 0.5) is 10.1 Å².